The molecule has 1 unspecified atom stereocenters. The first-order chi connectivity index (χ1) is 8.38. The van der Waals surface area contributed by atoms with Crippen molar-refractivity contribution in [3.63, 3.8) is 0 Å². The third-order valence-corrected chi connectivity index (χ3v) is 4.29. The van der Waals surface area contributed by atoms with Gasteiger partial charge in [-0.2, -0.15) is 0 Å². The molecular weight excluding hydrogens is 210 g/mol. The van der Waals surface area contributed by atoms with Gasteiger partial charge in [0.15, 0.2) is 0 Å². The van der Waals surface area contributed by atoms with Gasteiger partial charge in [0.2, 0.25) is 0 Å². The first-order valence-electron chi connectivity index (χ1n) is 7.54. The van der Waals surface area contributed by atoms with Crippen molar-refractivity contribution in [1.82, 2.24) is 15.1 Å². The highest BCUT2D eigenvalue weighted by atomic mass is 15.2. The first kappa shape index (κ1) is 13.3. The summed E-state index contributed by atoms with van der Waals surface area (Å²) in [4.78, 5) is 5.28. The summed E-state index contributed by atoms with van der Waals surface area (Å²) in [6, 6.07) is 0. The molecule has 2 fully saturated rings. The highest BCUT2D eigenvalue weighted by Crippen LogP contribution is 2.12. The van der Waals surface area contributed by atoms with Gasteiger partial charge in [-0.1, -0.05) is 6.92 Å². The molecule has 100 valence electrons. The molecule has 0 radical (unpaired) electrons. The normalized spacial score (nSPS) is 26.8. The van der Waals surface area contributed by atoms with E-state index in [0.29, 0.717) is 0 Å². The standard InChI is InChI=1S/C14H29N3/c1-2-16(10-11-17-8-3-4-9-17)13-14-6-5-7-15-12-14/h14-15H,2-13H2,1H3. The molecule has 0 saturated carbocycles. The largest absolute Gasteiger partial charge is 0.316 e. The van der Waals surface area contributed by atoms with Crippen molar-refractivity contribution in [3.8, 4) is 0 Å². The van der Waals surface area contributed by atoms with Crippen LogP contribution in [0.25, 0.3) is 0 Å². The summed E-state index contributed by atoms with van der Waals surface area (Å²) in [5.74, 6) is 0.891. The van der Waals surface area contributed by atoms with Gasteiger partial charge in [0, 0.05) is 19.6 Å². The number of nitrogens with zero attached hydrogens (tertiary/aromatic N) is 2. The summed E-state index contributed by atoms with van der Waals surface area (Å²) in [6.07, 6.45) is 5.62. The van der Waals surface area contributed by atoms with Crippen molar-refractivity contribution in [3.05, 3.63) is 0 Å². The Balaban J connectivity index is 1.64. The monoisotopic (exact) mass is 239 g/mol. The predicted molar refractivity (Wildman–Crippen MR) is 73.4 cm³/mol. The molecule has 0 aromatic heterocycles. The smallest absolute Gasteiger partial charge is 0.0109 e. The zero-order valence-corrected chi connectivity index (χ0v) is 11.5. The fraction of sp³-hybridized carbons (Fsp3) is 1.00. The van der Waals surface area contributed by atoms with E-state index in [1.165, 1.54) is 78.0 Å². The van der Waals surface area contributed by atoms with Crippen LogP contribution in [0.2, 0.25) is 0 Å². The van der Waals surface area contributed by atoms with E-state index in [2.05, 4.69) is 22.0 Å². The maximum atomic E-state index is 3.52. The number of rotatable bonds is 6. The van der Waals surface area contributed by atoms with Crippen molar-refractivity contribution in [2.45, 2.75) is 32.6 Å². The lowest BCUT2D eigenvalue weighted by Crippen LogP contribution is -2.41. The number of hydrogen-bond donors (Lipinski definition) is 1. The minimum absolute atomic E-state index is 0.891. The van der Waals surface area contributed by atoms with Crippen LogP contribution in [0.3, 0.4) is 0 Å². The fourth-order valence-corrected chi connectivity index (χ4v) is 3.11. The van der Waals surface area contributed by atoms with E-state index < -0.39 is 0 Å². The lowest BCUT2D eigenvalue weighted by molar-refractivity contribution is 0.190. The van der Waals surface area contributed by atoms with Crippen LogP contribution in [0, 0.1) is 5.92 Å². The molecule has 0 aliphatic carbocycles. The molecule has 0 aromatic rings. The van der Waals surface area contributed by atoms with Crippen LogP contribution >= 0.6 is 0 Å². The molecule has 2 rings (SSSR count). The number of likely N-dealkylation sites (tertiary alicyclic amines) is 1. The van der Waals surface area contributed by atoms with Gasteiger partial charge in [-0.05, 0) is 64.3 Å². The minimum atomic E-state index is 0.891. The van der Waals surface area contributed by atoms with Gasteiger partial charge in [-0.25, -0.2) is 0 Å². The second-order valence-corrected chi connectivity index (χ2v) is 5.65. The molecule has 0 bridgehead atoms. The zero-order valence-electron chi connectivity index (χ0n) is 11.5. The quantitative estimate of drug-likeness (QED) is 0.756. The molecule has 3 heteroatoms. The molecule has 2 aliphatic heterocycles. The van der Waals surface area contributed by atoms with Crippen LogP contribution in [0.4, 0.5) is 0 Å². The topological polar surface area (TPSA) is 18.5 Å². The zero-order chi connectivity index (χ0) is 11.9. The summed E-state index contributed by atoms with van der Waals surface area (Å²) in [7, 11) is 0. The second-order valence-electron chi connectivity index (χ2n) is 5.65. The van der Waals surface area contributed by atoms with Crippen LogP contribution in [0.1, 0.15) is 32.6 Å². The van der Waals surface area contributed by atoms with Gasteiger partial charge in [-0.15, -0.1) is 0 Å². The summed E-state index contributed by atoms with van der Waals surface area (Å²) in [6.45, 7) is 12.5. The van der Waals surface area contributed by atoms with Gasteiger partial charge in [0.05, 0.1) is 0 Å². The Morgan fingerprint density at radius 2 is 2.06 bits per heavy atom. The first-order valence-corrected chi connectivity index (χ1v) is 7.54. The molecule has 1 atom stereocenters. The van der Waals surface area contributed by atoms with Gasteiger partial charge in [0.25, 0.3) is 0 Å². The maximum absolute atomic E-state index is 3.52. The average Bonchev–Trinajstić information content (AvgIpc) is 2.89. The Bertz CT molecular complexity index is 196. The predicted octanol–water partition coefficient (Wildman–Crippen LogP) is 1.40. The summed E-state index contributed by atoms with van der Waals surface area (Å²) in [5.41, 5.74) is 0. The van der Waals surface area contributed by atoms with Crippen LogP contribution < -0.4 is 5.32 Å². The third-order valence-electron chi connectivity index (χ3n) is 4.29. The molecule has 3 nitrogen and oxygen atoms in total. The Morgan fingerprint density at radius 1 is 1.24 bits per heavy atom. The van der Waals surface area contributed by atoms with Crippen molar-refractivity contribution in [1.29, 1.82) is 0 Å². The maximum Gasteiger partial charge on any atom is 0.0109 e. The van der Waals surface area contributed by atoms with E-state index in [1.54, 1.807) is 0 Å². The SMILES string of the molecule is CCN(CCN1CCCC1)CC1CCCNC1. The highest BCUT2D eigenvalue weighted by molar-refractivity contribution is 4.74. The third kappa shape index (κ3) is 4.57. The highest BCUT2D eigenvalue weighted by Gasteiger charge is 2.17. The van der Waals surface area contributed by atoms with Gasteiger partial charge in [0.1, 0.15) is 0 Å². The minimum Gasteiger partial charge on any atom is -0.316 e. The molecule has 17 heavy (non-hydrogen) atoms. The van der Waals surface area contributed by atoms with Crippen LogP contribution in [-0.4, -0.2) is 62.2 Å². The molecule has 1 N–H and O–H groups in total. The van der Waals surface area contributed by atoms with Gasteiger partial charge < -0.3 is 15.1 Å². The lowest BCUT2D eigenvalue weighted by atomic mass is 9.99. The Labute approximate surface area is 107 Å². The fourth-order valence-electron chi connectivity index (χ4n) is 3.11. The van der Waals surface area contributed by atoms with Crippen LogP contribution in [-0.2, 0) is 0 Å². The van der Waals surface area contributed by atoms with Gasteiger partial charge >= 0.3 is 0 Å². The van der Waals surface area contributed by atoms with Crippen LogP contribution in [0.5, 0.6) is 0 Å². The Morgan fingerprint density at radius 3 is 2.71 bits per heavy atom. The van der Waals surface area contributed by atoms with E-state index in [0.717, 1.165) is 5.92 Å². The van der Waals surface area contributed by atoms with E-state index >= 15 is 0 Å². The van der Waals surface area contributed by atoms with E-state index in [4.69, 9.17) is 0 Å². The van der Waals surface area contributed by atoms with E-state index in [1.807, 2.05) is 0 Å². The Hall–Kier alpha value is -0.120. The van der Waals surface area contributed by atoms with Crippen molar-refractivity contribution in [2.24, 2.45) is 5.92 Å². The molecule has 2 aliphatic rings. The summed E-state index contributed by atoms with van der Waals surface area (Å²) in [5, 5.41) is 3.52. The summed E-state index contributed by atoms with van der Waals surface area (Å²) < 4.78 is 0. The molecular formula is C14H29N3. The van der Waals surface area contributed by atoms with Crippen molar-refractivity contribution in [2.75, 3.05) is 52.4 Å². The summed E-state index contributed by atoms with van der Waals surface area (Å²) >= 11 is 0. The average molecular weight is 239 g/mol. The van der Waals surface area contributed by atoms with Gasteiger partial charge in [-0.3, -0.25) is 0 Å². The van der Waals surface area contributed by atoms with Crippen molar-refractivity contribution < 1.29 is 0 Å². The molecule has 0 amide bonds. The molecule has 2 saturated heterocycles. The van der Waals surface area contributed by atoms with E-state index in [9.17, 15) is 0 Å². The van der Waals surface area contributed by atoms with E-state index in [-0.39, 0.29) is 0 Å². The van der Waals surface area contributed by atoms with Crippen molar-refractivity contribution >= 4 is 0 Å². The molecule has 0 aromatic carbocycles. The number of piperidine rings is 1. The lowest BCUT2D eigenvalue weighted by Gasteiger charge is -2.30. The second kappa shape index (κ2) is 7.34. The number of likely N-dealkylation sites (N-methyl/N-ethyl adjacent to an activating group) is 1. The number of hydrogen-bond acceptors (Lipinski definition) is 3. The number of nitrogens with one attached hydrogen (secondary N) is 1. The molecule has 2 heterocycles. The Kier molecular flexibility index (Phi) is 5.75. The molecule has 0 spiro atoms. The van der Waals surface area contributed by atoms with Crippen LogP contribution in [0.15, 0.2) is 0 Å².